The predicted octanol–water partition coefficient (Wildman–Crippen LogP) is 1.69. The Kier molecular flexibility index (Phi) is 2.98. The lowest BCUT2D eigenvalue weighted by Crippen LogP contribution is -2.44. The van der Waals surface area contributed by atoms with E-state index in [4.69, 9.17) is 9.47 Å². The van der Waals surface area contributed by atoms with E-state index in [9.17, 15) is 9.59 Å². The number of rotatable bonds is 2. The van der Waals surface area contributed by atoms with Crippen LogP contribution >= 0.6 is 0 Å². The van der Waals surface area contributed by atoms with Gasteiger partial charge in [-0.3, -0.25) is 4.79 Å². The molecule has 0 amide bonds. The van der Waals surface area contributed by atoms with Crippen LogP contribution < -0.4 is 0 Å². The zero-order valence-electron chi connectivity index (χ0n) is 10.3. The molecule has 1 saturated heterocycles. The van der Waals surface area contributed by atoms with Gasteiger partial charge in [-0.2, -0.15) is 0 Å². The molecule has 94 valence electrons. The smallest absolute Gasteiger partial charge is 0.330 e. The van der Waals surface area contributed by atoms with E-state index in [1.807, 2.05) is 13.8 Å². The molecule has 4 atom stereocenters. The molecule has 0 aromatic heterocycles. The van der Waals surface area contributed by atoms with Gasteiger partial charge in [-0.1, -0.05) is 13.5 Å². The summed E-state index contributed by atoms with van der Waals surface area (Å²) in [5.74, 6) is -0.457. The second kappa shape index (κ2) is 4.17. The lowest BCUT2D eigenvalue weighted by atomic mass is 9.81. The van der Waals surface area contributed by atoms with Crippen molar-refractivity contribution in [3.63, 3.8) is 0 Å². The number of hydrogen-bond acceptors (Lipinski definition) is 4. The Morgan fingerprint density at radius 2 is 2.35 bits per heavy atom. The van der Waals surface area contributed by atoms with E-state index in [1.165, 1.54) is 6.08 Å². The molecule has 4 nitrogen and oxygen atoms in total. The van der Waals surface area contributed by atoms with Crippen molar-refractivity contribution in [3.05, 3.63) is 12.7 Å². The highest BCUT2D eigenvalue weighted by atomic mass is 16.6. The van der Waals surface area contributed by atoms with Crippen LogP contribution in [0, 0.1) is 17.8 Å². The fourth-order valence-electron chi connectivity index (χ4n) is 3.12. The summed E-state index contributed by atoms with van der Waals surface area (Å²) in [5, 5.41) is 0. The van der Waals surface area contributed by atoms with Crippen LogP contribution in [-0.4, -0.2) is 24.1 Å². The van der Waals surface area contributed by atoms with Crippen molar-refractivity contribution in [2.75, 3.05) is 6.61 Å². The Morgan fingerprint density at radius 3 is 3.00 bits per heavy atom. The normalized spacial score (nSPS) is 40.4. The second-order valence-corrected chi connectivity index (χ2v) is 5.11. The van der Waals surface area contributed by atoms with Crippen LogP contribution in [-0.2, 0) is 19.1 Å². The number of carbonyl (C=O) groups excluding carboxylic acids is 2. The zero-order valence-corrected chi connectivity index (χ0v) is 10.3. The summed E-state index contributed by atoms with van der Waals surface area (Å²) in [6.45, 7) is 7.77. The summed E-state index contributed by atoms with van der Waals surface area (Å²) in [4.78, 5) is 23.1. The molecule has 0 spiro atoms. The van der Waals surface area contributed by atoms with Crippen molar-refractivity contribution >= 4 is 11.9 Å². The summed E-state index contributed by atoms with van der Waals surface area (Å²) < 4.78 is 10.6. The van der Waals surface area contributed by atoms with Crippen molar-refractivity contribution in [1.29, 1.82) is 0 Å². The molecule has 0 aromatic rings. The first-order valence-corrected chi connectivity index (χ1v) is 6.01. The van der Waals surface area contributed by atoms with E-state index < -0.39 is 11.6 Å². The second-order valence-electron chi connectivity index (χ2n) is 5.11. The number of ether oxygens (including phenoxy) is 2. The summed E-state index contributed by atoms with van der Waals surface area (Å²) >= 11 is 0. The standard InChI is InChI=1S/C13H18O4/c1-4-11(14)17-13(3)8(2)7-9-10(13)5-6-16-12(9)15/h4,8-10H,1,5-7H2,2-3H3. The van der Waals surface area contributed by atoms with Crippen molar-refractivity contribution in [2.24, 2.45) is 17.8 Å². The molecule has 0 aromatic carbocycles. The molecule has 1 saturated carbocycles. The van der Waals surface area contributed by atoms with Gasteiger partial charge < -0.3 is 9.47 Å². The van der Waals surface area contributed by atoms with E-state index in [0.717, 1.165) is 12.8 Å². The summed E-state index contributed by atoms with van der Waals surface area (Å²) in [6, 6.07) is 0. The number of esters is 2. The van der Waals surface area contributed by atoms with E-state index in [0.29, 0.717) is 6.61 Å². The first-order valence-electron chi connectivity index (χ1n) is 6.01. The van der Waals surface area contributed by atoms with Gasteiger partial charge >= 0.3 is 11.9 Å². The quantitative estimate of drug-likeness (QED) is 0.542. The molecule has 17 heavy (non-hydrogen) atoms. The summed E-state index contributed by atoms with van der Waals surface area (Å²) in [5.41, 5.74) is -0.574. The van der Waals surface area contributed by atoms with Crippen LogP contribution in [0.4, 0.5) is 0 Å². The molecular formula is C13H18O4. The van der Waals surface area contributed by atoms with E-state index in [-0.39, 0.29) is 23.7 Å². The van der Waals surface area contributed by atoms with Crippen LogP contribution in [0.3, 0.4) is 0 Å². The Balaban J connectivity index is 2.23. The van der Waals surface area contributed by atoms with Crippen LogP contribution in [0.5, 0.6) is 0 Å². The molecule has 0 N–H and O–H groups in total. The SMILES string of the molecule is C=CC(=O)OC1(C)C(C)CC2C(=O)OCCC21. The van der Waals surface area contributed by atoms with E-state index >= 15 is 0 Å². The van der Waals surface area contributed by atoms with E-state index in [1.54, 1.807) is 0 Å². The predicted molar refractivity (Wildman–Crippen MR) is 61.0 cm³/mol. The van der Waals surface area contributed by atoms with Gasteiger partial charge in [-0.15, -0.1) is 0 Å². The summed E-state index contributed by atoms with van der Waals surface area (Å²) in [6.07, 6.45) is 2.67. The van der Waals surface area contributed by atoms with Crippen LogP contribution in [0.25, 0.3) is 0 Å². The largest absolute Gasteiger partial charge is 0.465 e. The molecule has 1 heterocycles. The average molecular weight is 238 g/mol. The van der Waals surface area contributed by atoms with Crippen molar-refractivity contribution in [2.45, 2.75) is 32.3 Å². The molecule has 4 heteroatoms. The lowest BCUT2D eigenvalue weighted by Gasteiger charge is -2.37. The number of carbonyl (C=O) groups is 2. The van der Waals surface area contributed by atoms with Gasteiger partial charge in [0, 0.05) is 12.0 Å². The number of hydrogen-bond donors (Lipinski definition) is 0. The highest BCUT2D eigenvalue weighted by molar-refractivity contribution is 5.82. The number of cyclic esters (lactones) is 1. The maximum absolute atomic E-state index is 11.7. The molecule has 2 aliphatic rings. The topological polar surface area (TPSA) is 52.6 Å². The zero-order chi connectivity index (χ0) is 12.6. The van der Waals surface area contributed by atoms with E-state index in [2.05, 4.69) is 6.58 Å². The van der Waals surface area contributed by atoms with Gasteiger partial charge in [-0.05, 0) is 25.7 Å². The highest BCUT2D eigenvalue weighted by Gasteiger charge is 2.56. The van der Waals surface area contributed by atoms with Gasteiger partial charge in [0.15, 0.2) is 0 Å². The van der Waals surface area contributed by atoms with Gasteiger partial charge in [0.1, 0.15) is 5.60 Å². The molecule has 1 aliphatic carbocycles. The van der Waals surface area contributed by atoms with Gasteiger partial charge in [0.05, 0.1) is 12.5 Å². The molecule has 2 fully saturated rings. The molecule has 1 aliphatic heterocycles. The fourth-order valence-corrected chi connectivity index (χ4v) is 3.12. The minimum atomic E-state index is -0.574. The maximum atomic E-state index is 11.7. The molecule has 2 rings (SSSR count). The number of fused-ring (bicyclic) bond motifs is 1. The van der Waals surface area contributed by atoms with Crippen molar-refractivity contribution in [1.82, 2.24) is 0 Å². The maximum Gasteiger partial charge on any atom is 0.330 e. The Morgan fingerprint density at radius 1 is 1.65 bits per heavy atom. The molecular weight excluding hydrogens is 220 g/mol. The van der Waals surface area contributed by atoms with Crippen LogP contribution in [0.15, 0.2) is 12.7 Å². The average Bonchev–Trinajstić information content (AvgIpc) is 2.54. The third-order valence-corrected chi connectivity index (χ3v) is 4.27. The Hall–Kier alpha value is -1.32. The lowest BCUT2D eigenvalue weighted by molar-refractivity contribution is -0.171. The third kappa shape index (κ3) is 1.85. The fraction of sp³-hybridized carbons (Fsp3) is 0.692. The minimum absolute atomic E-state index is 0.0719. The molecule has 0 bridgehead atoms. The van der Waals surface area contributed by atoms with Crippen LogP contribution in [0.2, 0.25) is 0 Å². The molecule has 4 unspecified atom stereocenters. The highest BCUT2D eigenvalue weighted by Crippen LogP contribution is 2.50. The van der Waals surface area contributed by atoms with Gasteiger partial charge in [0.25, 0.3) is 0 Å². The Bertz CT molecular complexity index is 362. The first-order chi connectivity index (χ1) is 7.99. The molecule has 0 radical (unpaired) electrons. The first kappa shape index (κ1) is 12.1. The van der Waals surface area contributed by atoms with Gasteiger partial charge in [0.2, 0.25) is 0 Å². The van der Waals surface area contributed by atoms with Crippen molar-refractivity contribution < 1.29 is 19.1 Å². The minimum Gasteiger partial charge on any atom is -0.465 e. The van der Waals surface area contributed by atoms with Crippen molar-refractivity contribution in [3.8, 4) is 0 Å². The van der Waals surface area contributed by atoms with Crippen LogP contribution in [0.1, 0.15) is 26.7 Å². The monoisotopic (exact) mass is 238 g/mol. The van der Waals surface area contributed by atoms with Gasteiger partial charge in [-0.25, -0.2) is 4.79 Å². The third-order valence-electron chi connectivity index (χ3n) is 4.27. The summed E-state index contributed by atoms with van der Waals surface area (Å²) in [7, 11) is 0. The Labute approximate surface area is 101 Å².